The summed E-state index contributed by atoms with van der Waals surface area (Å²) in [6.45, 7) is 7.34. The number of nitro benzene ring substituents is 1. The Hall–Kier alpha value is -6.00. The van der Waals surface area contributed by atoms with E-state index in [9.17, 15) is 28.1 Å². The number of fused-ring (bicyclic) bond motifs is 2. The highest BCUT2D eigenvalue weighted by Crippen LogP contribution is 2.55. The van der Waals surface area contributed by atoms with Gasteiger partial charge in [-0.3, -0.25) is 19.8 Å². The minimum atomic E-state index is -4.72. The van der Waals surface area contributed by atoms with Crippen molar-refractivity contribution in [3.05, 3.63) is 106 Å². The number of aromatic amines is 1. The van der Waals surface area contributed by atoms with Crippen molar-refractivity contribution in [3.63, 3.8) is 0 Å². The molecule has 0 radical (unpaired) electrons. The first-order chi connectivity index (χ1) is 29.3. The molecule has 2 saturated heterocycles. The summed E-state index contributed by atoms with van der Waals surface area (Å²) in [6, 6.07) is 20.5. The number of ether oxygens (including phenoxy) is 2. The second-order valence-corrected chi connectivity index (χ2v) is 19.4. The number of aromatic nitrogens is 2. The van der Waals surface area contributed by atoms with Crippen molar-refractivity contribution < 1.29 is 32.4 Å². The quantitative estimate of drug-likeness (QED) is 0.0533. The third-order valence-corrected chi connectivity index (χ3v) is 14.9. The number of nitrogens with one attached hydrogen (secondary N) is 3. The second-order valence-electron chi connectivity index (χ2n) is 17.7. The zero-order valence-corrected chi connectivity index (χ0v) is 34.8. The molecular formula is C45H47N7O8S. The molecule has 2 saturated carbocycles. The molecule has 61 heavy (non-hydrogen) atoms. The van der Waals surface area contributed by atoms with Gasteiger partial charge in [0.2, 0.25) is 0 Å². The van der Waals surface area contributed by atoms with Gasteiger partial charge in [-0.15, -0.1) is 0 Å². The lowest BCUT2D eigenvalue weighted by molar-refractivity contribution is -0.384. The van der Waals surface area contributed by atoms with Crippen LogP contribution in [-0.4, -0.2) is 71.3 Å². The predicted molar refractivity (Wildman–Crippen MR) is 228 cm³/mol. The summed E-state index contributed by atoms with van der Waals surface area (Å²) in [6.07, 6.45) is 11.0. The summed E-state index contributed by atoms with van der Waals surface area (Å²) < 4.78 is 41.3. The van der Waals surface area contributed by atoms with Crippen molar-refractivity contribution in [3.8, 4) is 17.2 Å². The van der Waals surface area contributed by atoms with E-state index in [1.165, 1.54) is 49.1 Å². The number of rotatable bonds is 10. The first-order valence-electron chi connectivity index (χ1n) is 21.1. The SMILES string of the molecule is CC(C)c1ccccc1[C@@H]1CCCN1C1CC2(CCN(c3ccc(C(=O)NS(=O)(=O)c4cc5c(c([N+](=O)[O-])c4)NC4(CC4)C(=O)O5)c(Oc4cnc5[nH]ccc5c4)c3)CC2)C1. The Labute approximate surface area is 353 Å². The Morgan fingerprint density at radius 3 is 2.57 bits per heavy atom. The summed E-state index contributed by atoms with van der Waals surface area (Å²) in [5, 5.41) is 15.7. The lowest BCUT2D eigenvalue weighted by Gasteiger charge is -2.56. The number of nitro groups is 1. The van der Waals surface area contributed by atoms with Crippen LogP contribution in [0.3, 0.4) is 0 Å². The van der Waals surface area contributed by atoms with Gasteiger partial charge in [0.25, 0.3) is 21.6 Å². The van der Waals surface area contributed by atoms with Crippen LogP contribution in [-0.2, 0) is 14.8 Å². The van der Waals surface area contributed by atoms with Crippen LogP contribution in [0.2, 0.25) is 0 Å². The van der Waals surface area contributed by atoms with E-state index in [1.54, 1.807) is 24.4 Å². The second kappa shape index (κ2) is 14.6. The number of pyridine rings is 1. The number of H-pyrrole nitrogens is 1. The number of esters is 1. The fourth-order valence-corrected chi connectivity index (χ4v) is 11.1. The van der Waals surface area contributed by atoms with Gasteiger partial charge >= 0.3 is 5.97 Å². The maximum absolute atomic E-state index is 14.0. The van der Waals surface area contributed by atoms with Crippen LogP contribution >= 0.6 is 0 Å². The lowest BCUT2D eigenvalue weighted by atomic mass is 9.59. The number of hydrogen-bond donors (Lipinski definition) is 3. The number of hydrogen-bond acceptors (Lipinski definition) is 12. The fraction of sp³-hybridized carbons (Fsp3) is 0.400. The molecule has 3 N–H and O–H groups in total. The Bertz CT molecular complexity index is 2710. The average molecular weight is 846 g/mol. The number of anilines is 2. The number of amides is 1. The van der Waals surface area contributed by atoms with E-state index in [1.807, 2.05) is 6.07 Å². The molecule has 1 atom stereocenters. The summed E-state index contributed by atoms with van der Waals surface area (Å²) in [5.41, 5.74) is 2.89. The van der Waals surface area contributed by atoms with Crippen molar-refractivity contribution >= 4 is 50.0 Å². The minimum Gasteiger partial charge on any atom is -0.455 e. The molecule has 1 amide bonds. The molecule has 5 aromatic rings. The largest absolute Gasteiger partial charge is 0.455 e. The first kappa shape index (κ1) is 39.2. The maximum Gasteiger partial charge on any atom is 0.337 e. The monoisotopic (exact) mass is 845 g/mol. The van der Waals surface area contributed by atoms with Gasteiger partial charge in [-0.1, -0.05) is 38.1 Å². The van der Waals surface area contributed by atoms with Gasteiger partial charge in [0.1, 0.15) is 22.7 Å². The average Bonchev–Trinajstić information content (AvgIpc) is 3.58. The smallest absolute Gasteiger partial charge is 0.337 e. The van der Waals surface area contributed by atoms with Crippen LogP contribution in [0.15, 0.2) is 84.0 Å². The van der Waals surface area contributed by atoms with Gasteiger partial charge in [-0.2, -0.15) is 0 Å². The molecule has 2 aliphatic carbocycles. The number of sulfonamides is 1. The summed E-state index contributed by atoms with van der Waals surface area (Å²) in [7, 11) is -4.72. The van der Waals surface area contributed by atoms with Crippen LogP contribution in [0.25, 0.3) is 11.0 Å². The third kappa shape index (κ3) is 7.04. The van der Waals surface area contributed by atoms with E-state index in [0.717, 1.165) is 55.7 Å². The first-order valence-corrected chi connectivity index (χ1v) is 22.5. The van der Waals surface area contributed by atoms with E-state index in [0.29, 0.717) is 42.2 Å². The molecule has 316 valence electrons. The molecule has 0 unspecified atom stereocenters. The molecule has 4 fully saturated rings. The van der Waals surface area contributed by atoms with E-state index < -0.39 is 42.9 Å². The van der Waals surface area contributed by atoms with Crippen LogP contribution in [0.1, 0.15) is 98.7 Å². The molecule has 5 heterocycles. The van der Waals surface area contributed by atoms with Gasteiger partial charge in [0.05, 0.1) is 21.6 Å². The molecule has 2 spiro atoms. The molecule has 3 aliphatic heterocycles. The van der Waals surface area contributed by atoms with Crippen LogP contribution in [0.4, 0.5) is 17.1 Å². The number of carbonyl (C=O) groups excluding carboxylic acids is 2. The lowest BCUT2D eigenvalue weighted by Crippen LogP contribution is -2.54. The third-order valence-electron chi connectivity index (χ3n) is 13.6. The predicted octanol–water partition coefficient (Wildman–Crippen LogP) is 7.96. The van der Waals surface area contributed by atoms with Crippen molar-refractivity contribution in [1.82, 2.24) is 19.6 Å². The highest BCUT2D eigenvalue weighted by molar-refractivity contribution is 7.90. The van der Waals surface area contributed by atoms with E-state index >= 15 is 0 Å². The molecule has 2 aromatic heterocycles. The van der Waals surface area contributed by atoms with Gasteiger partial charge in [0.15, 0.2) is 11.4 Å². The van der Waals surface area contributed by atoms with Gasteiger partial charge in [-0.25, -0.2) is 22.9 Å². The summed E-state index contributed by atoms with van der Waals surface area (Å²) >= 11 is 0. The number of nitrogens with zero attached hydrogens (tertiary/aromatic N) is 4. The van der Waals surface area contributed by atoms with Crippen molar-refractivity contribution in [2.24, 2.45) is 5.41 Å². The van der Waals surface area contributed by atoms with Crippen molar-refractivity contribution in [2.75, 3.05) is 29.9 Å². The van der Waals surface area contributed by atoms with Crippen molar-refractivity contribution in [2.45, 2.75) is 93.7 Å². The molecule has 0 bridgehead atoms. The van der Waals surface area contributed by atoms with Gasteiger partial charge in [0, 0.05) is 60.6 Å². The Kier molecular flexibility index (Phi) is 9.36. The van der Waals surface area contributed by atoms with Crippen LogP contribution < -0.4 is 24.4 Å². The number of piperidine rings is 1. The molecule has 3 aromatic carbocycles. The fourth-order valence-electron chi connectivity index (χ4n) is 10.1. The van der Waals surface area contributed by atoms with E-state index in [2.05, 4.69) is 67.9 Å². The van der Waals surface area contributed by atoms with E-state index in [4.69, 9.17) is 9.47 Å². The molecule has 5 aliphatic rings. The van der Waals surface area contributed by atoms with Crippen LogP contribution in [0, 0.1) is 15.5 Å². The normalized spacial score (nSPS) is 20.6. The summed E-state index contributed by atoms with van der Waals surface area (Å²) in [4.78, 5) is 49.8. The Balaban J connectivity index is 0.874. The minimum absolute atomic E-state index is 0.0766. The maximum atomic E-state index is 14.0. The number of carbonyl (C=O) groups is 2. The van der Waals surface area contributed by atoms with E-state index in [-0.39, 0.29) is 28.2 Å². The molecule has 15 nitrogen and oxygen atoms in total. The summed E-state index contributed by atoms with van der Waals surface area (Å²) in [5.74, 6) is -1.04. The molecule has 10 rings (SSSR count). The standard InChI is InChI=1S/C45H47N7O8S/c1-27(2)33-6-3-4-7-34(33)36-8-5-17-51(36)30-24-44(25-30)14-18-50(19-15-44)29-9-10-35(38(21-29)59-31-20-28-11-16-46-41(28)47-26-31)42(53)49-61(57,58)32-22-37(52(55)56)40-39(23-32)60-43(54)45(48-40)12-13-45/h3-4,6-7,9-11,16,20-23,26-27,30,36,48H,5,8,12-15,17-19,24-25H2,1-2H3,(H,46,47)(H,49,53)/t36-/m0/s1. The highest BCUT2D eigenvalue weighted by atomic mass is 32.2. The Morgan fingerprint density at radius 2 is 1.82 bits per heavy atom. The number of benzene rings is 3. The van der Waals surface area contributed by atoms with Crippen LogP contribution in [0.5, 0.6) is 17.2 Å². The highest BCUT2D eigenvalue weighted by Gasteiger charge is 2.56. The zero-order chi connectivity index (χ0) is 42.3. The van der Waals surface area contributed by atoms with Gasteiger partial charge < -0.3 is 24.7 Å². The topological polar surface area (TPSA) is 189 Å². The van der Waals surface area contributed by atoms with Gasteiger partial charge in [-0.05, 0) is 105 Å². The zero-order valence-electron chi connectivity index (χ0n) is 34.0. The molecular weight excluding hydrogens is 799 g/mol. The Morgan fingerprint density at radius 1 is 1.03 bits per heavy atom. The van der Waals surface area contributed by atoms with Crippen molar-refractivity contribution in [1.29, 1.82) is 0 Å². The molecule has 16 heteroatoms. The number of likely N-dealkylation sites (tertiary alicyclic amines) is 1.